The third-order valence-electron chi connectivity index (χ3n) is 3.22. The summed E-state index contributed by atoms with van der Waals surface area (Å²) < 4.78 is 13.5. The number of aryl methyl sites for hydroxylation is 1. The number of hydrogen-bond acceptors (Lipinski definition) is 5. The van der Waals surface area contributed by atoms with Gasteiger partial charge in [-0.1, -0.05) is 23.9 Å². The van der Waals surface area contributed by atoms with E-state index in [1.165, 1.54) is 22.7 Å². The van der Waals surface area contributed by atoms with E-state index in [1.54, 1.807) is 30.4 Å². The van der Waals surface area contributed by atoms with Gasteiger partial charge in [-0.2, -0.15) is 0 Å². The number of rotatable bonds is 6. The highest BCUT2D eigenvalue weighted by Crippen LogP contribution is 2.17. The van der Waals surface area contributed by atoms with Gasteiger partial charge in [0.1, 0.15) is 11.6 Å². The van der Waals surface area contributed by atoms with Crippen molar-refractivity contribution in [3.63, 3.8) is 0 Å². The van der Waals surface area contributed by atoms with E-state index >= 15 is 0 Å². The Kier molecular flexibility index (Phi) is 5.27. The maximum Gasteiger partial charge on any atom is 0.234 e. The van der Waals surface area contributed by atoms with Gasteiger partial charge in [-0.15, -0.1) is 16.4 Å². The normalized spacial score (nSPS) is 10.8. The molecule has 0 aliphatic heterocycles. The predicted molar refractivity (Wildman–Crippen MR) is 94.0 cm³/mol. The molecule has 0 saturated carbocycles. The highest BCUT2D eigenvalue weighted by molar-refractivity contribution is 7.99. The van der Waals surface area contributed by atoms with Crippen molar-refractivity contribution in [3.8, 4) is 0 Å². The molecule has 1 amide bonds. The van der Waals surface area contributed by atoms with Crippen LogP contribution in [0.4, 0.5) is 10.1 Å². The van der Waals surface area contributed by atoms with Crippen molar-refractivity contribution in [2.45, 2.75) is 18.5 Å². The summed E-state index contributed by atoms with van der Waals surface area (Å²) in [5.74, 6) is 0.354. The molecule has 0 aliphatic rings. The van der Waals surface area contributed by atoms with Gasteiger partial charge >= 0.3 is 0 Å². The van der Waals surface area contributed by atoms with Crippen LogP contribution in [0.5, 0.6) is 0 Å². The fraction of sp³-hybridized carbons (Fsp3) is 0.188. The molecule has 0 aliphatic carbocycles. The number of aromatic nitrogens is 3. The van der Waals surface area contributed by atoms with Crippen molar-refractivity contribution in [1.82, 2.24) is 15.2 Å². The lowest BCUT2D eigenvalue weighted by Gasteiger charge is -2.05. The molecule has 1 aromatic carbocycles. The van der Waals surface area contributed by atoms with Gasteiger partial charge in [-0.05, 0) is 36.1 Å². The molecule has 0 bridgehead atoms. The first-order chi connectivity index (χ1) is 11.6. The molecule has 24 heavy (non-hydrogen) atoms. The average Bonchev–Trinajstić information content (AvgIpc) is 3.21. The van der Waals surface area contributed by atoms with E-state index in [-0.39, 0.29) is 17.5 Å². The van der Waals surface area contributed by atoms with E-state index in [2.05, 4.69) is 20.5 Å². The summed E-state index contributed by atoms with van der Waals surface area (Å²) in [5.41, 5.74) is 0.985. The van der Waals surface area contributed by atoms with Crippen molar-refractivity contribution in [2.75, 3.05) is 11.1 Å². The van der Waals surface area contributed by atoms with E-state index in [1.807, 2.05) is 17.5 Å². The molecule has 2 heterocycles. The number of carbonyl (C=O) groups is 1. The number of benzene rings is 1. The van der Waals surface area contributed by atoms with Crippen molar-refractivity contribution < 1.29 is 9.18 Å². The molecule has 124 valence electrons. The van der Waals surface area contributed by atoms with E-state index in [9.17, 15) is 9.18 Å². The molecule has 0 unspecified atom stereocenters. The van der Waals surface area contributed by atoms with Gasteiger partial charge in [-0.3, -0.25) is 9.89 Å². The molecule has 5 nitrogen and oxygen atoms in total. The molecule has 2 N–H and O–H groups in total. The largest absolute Gasteiger partial charge is 0.325 e. The minimum absolute atomic E-state index is 0.159. The SMILES string of the molecule is Cc1ccc(NC(=O)CSc2n[nH]c(Cc3cccs3)n2)cc1F. The first-order valence-electron chi connectivity index (χ1n) is 7.22. The number of H-pyrrole nitrogens is 1. The monoisotopic (exact) mass is 362 g/mol. The molecule has 0 saturated heterocycles. The van der Waals surface area contributed by atoms with Crippen LogP contribution in [0.15, 0.2) is 40.9 Å². The quantitative estimate of drug-likeness (QED) is 0.657. The number of thiophene rings is 1. The highest BCUT2D eigenvalue weighted by Gasteiger charge is 2.09. The third-order valence-corrected chi connectivity index (χ3v) is 4.94. The van der Waals surface area contributed by atoms with Crippen LogP contribution in [0.2, 0.25) is 0 Å². The fourth-order valence-corrected chi connectivity index (χ4v) is 3.32. The maximum absolute atomic E-state index is 13.5. The maximum atomic E-state index is 13.5. The summed E-state index contributed by atoms with van der Waals surface area (Å²) in [6, 6.07) is 8.64. The van der Waals surface area contributed by atoms with Crippen LogP contribution < -0.4 is 5.32 Å². The van der Waals surface area contributed by atoms with Gasteiger partial charge in [0.25, 0.3) is 0 Å². The van der Waals surface area contributed by atoms with Crippen molar-refractivity contribution in [1.29, 1.82) is 0 Å². The molecule has 3 rings (SSSR count). The van der Waals surface area contributed by atoms with Gasteiger partial charge in [0.05, 0.1) is 5.75 Å². The van der Waals surface area contributed by atoms with E-state index < -0.39 is 0 Å². The zero-order valence-electron chi connectivity index (χ0n) is 12.9. The number of carbonyl (C=O) groups excluding carboxylic acids is 1. The first kappa shape index (κ1) is 16.7. The Hall–Kier alpha value is -2.19. The smallest absolute Gasteiger partial charge is 0.234 e. The number of nitrogens with one attached hydrogen (secondary N) is 2. The van der Waals surface area contributed by atoms with E-state index in [0.29, 0.717) is 22.8 Å². The lowest BCUT2D eigenvalue weighted by atomic mass is 10.2. The Morgan fingerprint density at radius 3 is 3.04 bits per heavy atom. The summed E-state index contributed by atoms with van der Waals surface area (Å²) in [7, 11) is 0. The fourth-order valence-electron chi connectivity index (χ4n) is 2.00. The Morgan fingerprint density at radius 2 is 2.29 bits per heavy atom. The van der Waals surface area contributed by atoms with Crippen molar-refractivity contribution in [2.24, 2.45) is 0 Å². The second-order valence-electron chi connectivity index (χ2n) is 5.12. The standard InChI is InChI=1S/C16H15FN4OS2/c1-10-4-5-11(7-13(10)17)18-15(22)9-24-16-19-14(20-21-16)8-12-3-2-6-23-12/h2-7H,8-9H2,1H3,(H,18,22)(H,19,20,21). The van der Waals surface area contributed by atoms with Crippen molar-refractivity contribution in [3.05, 3.63) is 57.8 Å². The summed E-state index contributed by atoms with van der Waals surface area (Å²) in [6.07, 6.45) is 0.695. The first-order valence-corrected chi connectivity index (χ1v) is 9.09. The van der Waals surface area contributed by atoms with Gasteiger partial charge in [0, 0.05) is 17.0 Å². The Balaban J connectivity index is 1.51. The Labute approximate surface area is 146 Å². The van der Waals surface area contributed by atoms with E-state index in [4.69, 9.17) is 0 Å². The molecule has 0 fully saturated rings. The van der Waals surface area contributed by atoms with Gasteiger partial charge < -0.3 is 5.32 Å². The molecular weight excluding hydrogens is 347 g/mol. The zero-order valence-corrected chi connectivity index (χ0v) is 14.5. The van der Waals surface area contributed by atoms with Crippen LogP contribution in [0.3, 0.4) is 0 Å². The number of anilines is 1. The van der Waals surface area contributed by atoms with Gasteiger partial charge in [0.15, 0.2) is 0 Å². The molecule has 3 aromatic rings. The summed E-state index contributed by atoms with van der Waals surface area (Å²) in [6.45, 7) is 1.67. The molecule has 0 radical (unpaired) electrons. The second kappa shape index (κ2) is 7.59. The van der Waals surface area contributed by atoms with Gasteiger partial charge in [0.2, 0.25) is 11.1 Å². The highest BCUT2D eigenvalue weighted by atomic mass is 32.2. The summed E-state index contributed by atoms with van der Waals surface area (Å²) in [4.78, 5) is 17.5. The van der Waals surface area contributed by atoms with Crippen LogP contribution >= 0.6 is 23.1 Å². The number of hydrogen-bond donors (Lipinski definition) is 2. The molecule has 0 spiro atoms. The van der Waals surface area contributed by atoms with Crippen LogP contribution in [-0.4, -0.2) is 26.8 Å². The van der Waals surface area contributed by atoms with Crippen molar-refractivity contribution >= 4 is 34.7 Å². The Bertz CT molecular complexity index is 832. The van der Waals surface area contributed by atoms with Gasteiger partial charge in [-0.25, -0.2) is 9.37 Å². The van der Waals surface area contributed by atoms with E-state index in [0.717, 1.165) is 5.82 Å². The lowest BCUT2D eigenvalue weighted by molar-refractivity contribution is -0.113. The number of amides is 1. The predicted octanol–water partition coefficient (Wildman–Crippen LogP) is 3.64. The van der Waals surface area contributed by atoms with Crippen LogP contribution in [0.1, 0.15) is 16.3 Å². The van der Waals surface area contributed by atoms with Crippen LogP contribution in [-0.2, 0) is 11.2 Å². The number of halogens is 1. The van der Waals surface area contributed by atoms with Crippen LogP contribution in [0.25, 0.3) is 0 Å². The van der Waals surface area contributed by atoms with Crippen LogP contribution in [0, 0.1) is 12.7 Å². The minimum Gasteiger partial charge on any atom is -0.325 e. The molecule has 2 aromatic heterocycles. The molecule has 8 heteroatoms. The lowest BCUT2D eigenvalue weighted by Crippen LogP contribution is -2.14. The summed E-state index contributed by atoms with van der Waals surface area (Å²) >= 11 is 2.89. The zero-order chi connectivity index (χ0) is 16.9. The number of nitrogens with zero attached hydrogens (tertiary/aromatic N) is 2. The summed E-state index contributed by atoms with van der Waals surface area (Å²) in [5, 5.41) is 12.2. The average molecular weight is 362 g/mol. The molecule has 0 atom stereocenters. The topological polar surface area (TPSA) is 70.7 Å². The number of thioether (sulfide) groups is 1. The third kappa shape index (κ3) is 4.42. The molecular formula is C16H15FN4OS2. The minimum atomic E-state index is -0.340. The second-order valence-corrected chi connectivity index (χ2v) is 7.10. The number of aromatic amines is 1. The Morgan fingerprint density at radius 1 is 1.42 bits per heavy atom.